The summed E-state index contributed by atoms with van der Waals surface area (Å²) < 4.78 is 1.97. The van der Waals surface area contributed by atoms with Gasteiger partial charge in [-0.2, -0.15) is 0 Å². The molecule has 0 bridgehead atoms. The molecule has 9 heteroatoms. The Bertz CT molecular complexity index is 858. The van der Waals surface area contributed by atoms with Crippen LogP contribution < -0.4 is 10.6 Å². The minimum absolute atomic E-state index is 0.0468. The van der Waals surface area contributed by atoms with E-state index in [9.17, 15) is 4.79 Å². The molecule has 2 heterocycles. The highest BCUT2D eigenvalue weighted by Crippen LogP contribution is 2.34. The van der Waals surface area contributed by atoms with E-state index < -0.39 is 0 Å². The summed E-state index contributed by atoms with van der Waals surface area (Å²) in [5.41, 5.74) is 1.14. The van der Waals surface area contributed by atoms with Crippen molar-refractivity contribution in [3.05, 3.63) is 54.1 Å². The van der Waals surface area contributed by atoms with E-state index in [0.717, 1.165) is 24.2 Å². The Morgan fingerprint density at radius 2 is 1.67 bits per heavy atom. The minimum atomic E-state index is -0.250. The Morgan fingerprint density at radius 3 is 2.12 bits per heavy atom. The lowest BCUT2D eigenvalue weighted by Gasteiger charge is -2.46. The molecule has 0 aliphatic carbocycles. The zero-order valence-electron chi connectivity index (χ0n) is 20.0. The number of nitrogens with zero attached hydrogens (tertiary/aromatic N) is 2. The third-order valence-electron chi connectivity index (χ3n) is 5.30. The quantitative estimate of drug-likeness (QED) is 0.504. The van der Waals surface area contributed by atoms with Crippen LogP contribution in [0.5, 0.6) is 0 Å². The largest absolute Gasteiger partial charge is 0.483 e. The fourth-order valence-electron chi connectivity index (χ4n) is 4.76. The summed E-state index contributed by atoms with van der Waals surface area (Å²) in [5, 5.41) is 20.7. The second-order valence-corrected chi connectivity index (χ2v) is 9.39. The van der Waals surface area contributed by atoms with Crippen LogP contribution in [0, 0.1) is 5.92 Å². The summed E-state index contributed by atoms with van der Waals surface area (Å²) in [7, 11) is 1.96. The van der Waals surface area contributed by atoms with Gasteiger partial charge in [0.25, 0.3) is 12.9 Å². The van der Waals surface area contributed by atoms with Crippen molar-refractivity contribution in [1.82, 2.24) is 20.2 Å². The summed E-state index contributed by atoms with van der Waals surface area (Å²) in [6.07, 6.45) is 6.23. The summed E-state index contributed by atoms with van der Waals surface area (Å²) in [4.78, 5) is 34.2. The van der Waals surface area contributed by atoms with Crippen LogP contribution in [0.3, 0.4) is 0 Å². The van der Waals surface area contributed by atoms with Gasteiger partial charge in [-0.25, -0.2) is 4.98 Å². The van der Waals surface area contributed by atoms with Crippen molar-refractivity contribution < 1.29 is 24.6 Å². The lowest BCUT2D eigenvalue weighted by Crippen LogP contribution is -2.58. The first-order chi connectivity index (χ1) is 15.5. The molecule has 1 unspecified atom stereocenters. The number of aryl methyl sites for hydroxylation is 1. The van der Waals surface area contributed by atoms with Gasteiger partial charge in [-0.3, -0.25) is 14.4 Å². The maximum atomic E-state index is 13.0. The summed E-state index contributed by atoms with van der Waals surface area (Å²) in [5.74, 6) is 1.31. The molecule has 9 nitrogen and oxygen atoms in total. The molecular formula is C24H36N4O5. The molecule has 0 spiro atoms. The molecule has 33 heavy (non-hydrogen) atoms. The maximum absolute atomic E-state index is 13.0. The highest BCUT2D eigenvalue weighted by molar-refractivity contribution is 5.77. The smallest absolute Gasteiger partial charge is 0.290 e. The lowest BCUT2D eigenvalue weighted by atomic mass is 9.74. The van der Waals surface area contributed by atoms with E-state index in [0.29, 0.717) is 12.3 Å². The van der Waals surface area contributed by atoms with Crippen molar-refractivity contribution in [3.63, 3.8) is 0 Å². The number of hydrogen-bond donors (Lipinski definition) is 4. The van der Waals surface area contributed by atoms with Crippen molar-refractivity contribution in [2.75, 3.05) is 0 Å². The molecular weight excluding hydrogens is 424 g/mol. The van der Waals surface area contributed by atoms with Gasteiger partial charge in [0.05, 0.1) is 0 Å². The molecule has 4 N–H and O–H groups in total. The number of carboxylic acid groups (broad SMARTS) is 2. The van der Waals surface area contributed by atoms with E-state index in [-0.39, 0.29) is 36.0 Å². The molecule has 0 saturated carbocycles. The fraction of sp³-hybridized carbons (Fsp3) is 0.500. The lowest BCUT2D eigenvalue weighted by molar-refractivity contribution is -0.124. The van der Waals surface area contributed by atoms with Gasteiger partial charge in [-0.15, -0.1) is 0 Å². The Hall–Kier alpha value is -3.20. The molecule has 1 aromatic heterocycles. The summed E-state index contributed by atoms with van der Waals surface area (Å²) >= 11 is 0. The first-order valence-electron chi connectivity index (χ1n) is 10.7. The average molecular weight is 461 g/mol. The predicted octanol–water partition coefficient (Wildman–Crippen LogP) is 2.97. The first kappa shape index (κ1) is 27.8. The Balaban J connectivity index is 0.000000819. The number of carbonyl (C=O) groups excluding carboxylic acids is 1. The van der Waals surface area contributed by atoms with E-state index in [4.69, 9.17) is 19.8 Å². The Kier molecular flexibility index (Phi) is 10.7. The number of hydrogen-bond acceptors (Lipinski definition) is 5. The van der Waals surface area contributed by atoms with E-state index >= 15 is 0 Å². The number of aromatic nitrogens is 2. The number of carbonyl (C=O) groups is 3. The molecule has 3 rings (SSSR count). The molecule has 1 aromatic carbocycles. The van der Waals surface area contributed by atoms with E-state index in [1.165, 1.54) is 0 Å². The van der Waals surface area contributed by atoms with Crippen molar-refractivity contribution in [2.24, 2.45) is 13.0 Å². The molecule has 1 saturated heterocycles. The van der Waals surface area contributed by atoms with Gasteiger partial charge < -0.3 is 25.4 Å². The second kappa shape index (κ2) is 12.7. The second-order valence-electron chi connectivity index (χ2n) is 9.39. The monoisotopic (exact) mass is 460 g/mol. The predicted molar refractivity (Wildman–Crippen MR) is 126 cm³/mol. The van der Waals surface area contributed by atoms with Crippen LogP contribution in [0.4, 0.5) is 0 Å². The number of rotatable bonds is 5. The number of nitrogens with one attached hydrogen (secondary N) is 2. The zero-order valence-corrected chi connectivity index (χ0v) is 20.0. The molecule has 1 aliphatic heterocycles. The normalized spacial score (nSPS) is 17.2. The van der Waals surface area contributed by atoms with Crippen LogP contribution in [-0.4, -0.2) is 49.7 Å². The van der Waals surface area contributed by atoms with Gasteiger partial charge >= 0.3 is 0 Å². The topological polar surface area (TPSA) is 134 Å². The van der Waals surface area contributed by atoms with Crippen molar-refractivity contribution in [2.45, 2.75) is 64.1 Å². The molecule has 0 radical (unpaired) electrons. The summed E-state index contributed by atoms with van der Waals surface area (Å²) in [6, 6.07) is 9.82. The fourth-order valence-corrected chi connectivity index (χ4v) is 4.76. The van der Waals surface area contributed by atoms with Crippen LogP contribution in [0.25, 0.3) is 0 Å². The molecule has 1 aliphatic rings. The van der Waals surface area contributed by atoms with Gasteiger partial charge in [-0.1, -0.05) is 30.3 Å². The third kappa shape index (κ3) is 9.44. The average Bonchev–Trinajstić information content (AvgIpc) is 3.11. The Labute approximate surface area is 195 Å². The van der Waals surface area contributed by atoms with Gasteiger partial charge in [-0.05, 0) is 52.0 Å². The van der Waals surface area contributed by atoms with Crippen LogP contribution in [0.15, 0.2) is 42.7 Å². The summed E-state index contributed by atoms with van der Waals surface area (Å²) in [6.45, 7) is 8.39. The molecule has 1 amide bonds. The van der Waals surface area contributed by atoms with Gasteiger partial charge in [0.1, 0.15) is 11.9 Å². The highest BCUT2D eigenvalue weighted by atomic mass is 16.3. The van der Waals surface area contributed by atoms with Crippen LogP contribution >= 0.6 is 0 Å². The standard InChI is InChI=1S/C22H32N4O.2CH2O2/c1-21(2)14-16(15-22(3,4)25-21)13-18(27)24-19(17-9-7-6-8-10-17)20-23-11-12-26(20)5;2*2-1-3/h6-12,16,19,25H,13-15H2,1-5H3,(H,24,27);2*1H,(H,2,3). The van der Waals surface area contributed by atoms with Crippen LogP contribution in [0.1, 0.15) is 64.4 Å². The Morgan fingerprint density at radius 1 is 1.15 bits per heavy atom. The van der Waals surface area contributed by atoms with Gasteiger partial charge in [0, 0.05) is 36.9 Å². The third-order valence-corrected chi connectivity index (χ3v) is 5.30. The molecule has 1 atom stereocenters. The van der Waals surface area contributed by atoms with Gasteiger partial charge in [0.15, 0.2) is 0 Å². The van der Waals surface area contributed by atoms with Crippen LogP contribution in [-0.2, 0) is 21.4 Å². The first-order valence-corrected chi connectivity index (χ1v) is 10.7. The SMILES string of the molecule is Cn1ccnc1C(NC(=O)CC1CC(C)(C)NC(C)(C)C1)c1ccccc1.O=CO.O=CO. The van der Waals surface area contributed by atoms with Crippen molar-refractivity contribution >= 4 is 18.9 Å². The zero-order chi connectivity index (χ0) is 25.1. The van der Waals surface area contributed by atoms with E-state index in [1.54, 1.807) is 6.20 Å². The minimum Gasteiger partial charge on any atom is -0.483 e. The highest BCUT2D eigenvalue weighted by Gasteiger charge is 2.38. The molecule has 182 valence electrons. The van der Waals surface area contributed by atoms with Crippen molar-refractivity contribution in [1.29, 1.82) is 0 Å². The number of amides is 1. The number of benzene rings is 1. The van der Waals surface area contributed by atoms with Gasteiger partial charge in [0.2, 0.25) is 5.91 Å². The van der Waals surface area contributed by atoms with E-state index in [1.807, 2.05) is 48.1 Å². The molecule has 1 fully saturated rings. The molecule has 2 aromatic rings. The van der Waals surface area contributed by atoms with E-state index in [2.05, 4.69) is 43.3 Å². The maximum Gasteiger partial charge on any atom is 0.290 e. The number of piperidine rings is 1. The van der Waals surface area contributed by atoms with Crippen LogP contribution in [0.2, 0.25) is 0 Å². The number of imidazole rings is 1. The van der Waals surface area contributed by atoms with Crippen molar-refractivity contribution in [3.8, 4) is 0 Å².